The summed E-state index contributed by atoms with van der Waals surface area (Å²) in [6.07, 6.45) is 1.14. The van der Waals surface area contributed by atoms with Gasteiger partial charge in [-0.05, 0) is 24.6 Å². The molecule has 0 bridgehead atoms. The number of ether oxygens (including phenoxy) is 3. The Morgan fingerprint density at radius 1 is 1.17 bits per heavy atom. The van der Waals surface area contributed by atoms with Gasteiger partial charge in [0.25, 0.3) is 0 Å². The molecule has 0 saturated carbocycles. The van der Waals surface area contributed by atoms with Crippen LogP contribution < -0.4 is 4.74 Å². The van der Waals surface area contributed by atoms with E-state index in [9.17, 15) is 4.39 Å². The highest BCUT2D eigenvalue weighted by molar-refractivity contribution is 5.29. The second-order valence-corrected chi connectivity index (χ2v) is 6.45. The first-order chi connectivity index (χ1) is 11.7. The van der Waals surface area contributed by atoms with Gasteiger partial charge in [-0.15, -0.1) is 0 Å². The Labute approximate surface area is 143 Å². The Morgan fingerprint density at radius 2 is 2.00 bits per heavy atom. The van der Waals surface area contributed by atoms with Gasteiger partial charge >= 0.3 is 0 Å². The summed E-state index contributed by atoms with van der Waals surface area (Å²) < 4.78 is 30.7. The van der Waals surface area contributed by atoms with Crippen molar-refractivity contribution in [3.05, 3.63) is 29.6 Å². The summed E-state index contributed by atoms with van der Waals surface area (Å²) in [5.41, 5.74) is 0.682. The zero-order valence-electron chi connectivity index (χ0n) is 14.4. The Balaban J connectivity index is 1.60. The summed E-state index contributed by atoms with van der Waals surface area (Å²) in [6, 6.07) is 4.93. The maximum absolute atomic E-state index is 14.1. The number of halogens is 1. The Kier molecular flexibility index (Phi) is 6.43. The van der Waals surface area contributed by atoms with Crippen LogP contribution in [0.5, 0.6) is 5.75 Å². The summed E-state index contributed by atoms with van der Waals surface area (Å²) >= 11 is 0. The molecule has 0 aliphatic carbocycles. The van der Waals surface area contributed by atoms with E-state index in [1.54, 1.807) is 19.2 Å². The van der Waals surface area contributed by atoms with Gasteiger partial charge in [-0.2, -0.15) is 0 Å². The lowest BCUT2D eigenvalue weighted by Gasteiger charge is -2.31. The fourth-order valence-electron chi connectivity index (χ4n) is 3.34. The number of benzene rings is 1. The van der Waals surface area contributed by atoms with E-state index in [-0.39, 0.29) is 11.9 Å². The van der Waals surface area contributed by atoms with Gasteiger partial charge in [0.15, 0.2) is 0 Å². The fourth-order valence-corrected chi connectivity index (χ4v) is 3.34. The van der Waals surface area contributed by atoms with Crippen molar-refractivity contribution in [2.24, 2.45) is 0 Å². The van der Waals surface area contributed by atoms with Crippen molar-refractivity contribution in [3.63, 3.8) is 0 Å². The van der Waals surface area contributed by atoms with E-state index >= 15 is 0 Å². The van der Waals surface area contributed by atoms with E-state index < -0.39 is 0 Å². The molecule has 2 aliphatic rings. The molecule has 2 aliphatic heterocycles. The fraction of sp³-hybridized carbons (Fsp3) is 0.667. The SMILES string of the molecule is COc1ccc(F)c(CN2CCCO[C@@H](CN3CCOCC3)C2)c1. The van der Waals surface area contributed by atoms with Crippen LogP contribution in [0.2, 0.25) is 0 Å². The van der Waals surface area contributed by atoms with Gasteiger partial charge in [0.05, 0.1) is 26.4 Å². The molecule has 1 aromatic carbocycles. The molecule has 0 N–H and O–H groups in total. The van der Waals surface area contributed by atoms with Crippen LogP contribution in [0.15, 0.2) is 18.2 Å². The number of hydrogen-bond donors (Lipinski definition) is 0. The van der Waals surface area contributed by atoms with Gasteiger partial charge in [-0.25, -0.2) is 4.39 Å². The van der Waals surface area contributed by atoms with Crippen LogP contribution in [0, 0.1) is 5.82 Å². The monoisotopic (exact) mass is 338 g/mol. The van der Waals surface area contributed by atoms with Crippen LogP contribution in [0.25, 0.3) is 0 Å². The minimum absolute atomic E-state index is 0.166. The minimum atomic E-state index is -0.175. The molecule has 0 amide bonds. The Bertz CT molecular complexity index is 523. The highest BCUT2D eigenvalue weighted by atomic mass is 19.1. The van der Waals surface area contributed by atoms with Crippen LogP contribution in [-0.2, 0) is 16.0 Å². The lowest BCUT2D eigenvalue weighted by atomic mass is 10.1. The highest BCUT2D eigenvalue weighted by Crippen LogP contribution is 2.19. The largest absolute Gasteiger partial charge is 0.497 e. The predicted molar refractivity (Wildman–Crippen MR) is 89.8 cm³/mol. The molecule has 5 nitrogen and oxygen atoms in total. The van der Waals surface area contributed by atoms with Crippen LogP contribution in [0.1, 0.15) is 12.0 Å². The maximum Gasteiger partial charge on any atom is 0.127 e. The highest BCUT2D eigenvalue weighted by Gasteiger charge is 2.23. The van der Waals surface area contributed by atoms with Crippen LogP contribution in [0.4, 0.5) is 4.39 Å². The van der Waals surface area contributed by atoms with Crippen molar-refractivity contribution in [2.45, 2.75) is 19.1 Å². The molecular weight excluding hydrogens is 311 g/mol. The van der Waals surface area contributed by atoms with Crippen LogP contribution in [-0.4, -0.2) is 75.6 Å². The van der Waals surface area contributed by atoms with E-state index in [0.29, 0.717) is 17.9 Å². The van der Waals surface area contributed by atoms with Crippen molar-refractivity contribution in [1.29, 1.82) is 0 Å². The predicted octanol–water partition coefficient (Wildman–Crippen LogP) is 1.76. The quantitative estimate of drug-likeness (QED) is 0.817. The van der Waals surface area contributed by atoms with Gasteiger partial charge < -0.3 is 14.2 Å². The zero-order chi connectivity index (χ0) is 16.8. The number of methoxy groups -OCH3 is 1. The summed E-state index contributed by atoms with van der Waals surface area (Å²) in [7, 11) is 1.61. The molecule has 3 rings (SSSR count). The minimum Gasteiger partial charge on any atom is -0.497 e. The molecule has 24 heavy (non-hydrogen) atoms. The third-order valence-corrected chi connectivity index (χ3v) is 4.65. The van der Waals surface area contributed by atoms with Gasteiger partial charge in [0.1, 0.15) is 11.6 Å². The Morgan fingerprint density at radius 3 is 2.79 bits per heavy atom. The first-order valence-corrected chi connectivity index (χ1v) is 8.71. The first kappa shape index (κ1) is 17.6. The van der Waals surface area contributed by atoms with E-state index in [1.165, 1.54) is 6.07 Å². The number of nitrogens with zero attached hydrogens (tertiary/aromatic N) is 2. The molecule has 1 atom stereocenters. The summed E-state index contributed by atoms with van der Waals surface area (Å²) in [5, 5.41) is 0. The molecule has 134 valence electrons. The van der Waals surface area contributed by atoms with Gasteiger partial charge in [0, 0.05) is 51.4 Å². The normalized spacial score (nSPS) is 23.8. The molecule has 2 heterocycles. The van der Waals surface area contributed by atoms with E-state index in [4.69, 9.17) is 14.2 Å². The summed E-state index contributed by atoms with van der Waals surface area (Å²) in [4.78, 5) is 4.68. The van der Waals surface area contributed by atoms with Crippen molar-refractivity contribution in [3.8, 4) is 5.75 Å². The molecule has 0 unspecified atom stereocenters. The molecule has 0 aromatic heterocycles. The smallest absolute Gasteiger partial charge is 0.127 e. The van der Waals surface area contributed by atoms with Crippen molar-refractivity contribution in [2.75, 3.05) is 59.7 Å². The molecule has 0 spiro atoms. The third-order valence-electron chi connectivity index (χ3n) is 4.65. The molecule has 2 fully saturated rings. The number of hydrogen-bond acceptors (Lipinski definition) is 5. The molecular formula is C18H27FN2O3. The number of rotatable bonds is 5. The second kappa shape index (κ2) is 8.76. The third kappa shape index (κ3) is 4.89. The average molecular weight is 338 g/mol. The van der Waals surface area contributed by atoms with Gasteiger partial charge in [-0.1, -0.05) is 0 Å². The topological polar surface area (TPSA) is 34.2 Å². The molecule has 0 radical (unpaired) electrons. The number of morpholine rings is 1. The van der Waals surface area contributed by atoms with E-state index in [1.807, 2.05) is 0 Å². The van der Waals surface area contributed by atoms with Crippen LogP contribution >= 0.6 is 0 Å². The van der Waals surface area contributed by atoms with Crippen LogP contribution in [0.3, 0.4) is 0 Å². The summed E-state index contributed by atoms with van der Waals surface area (Å²) in [5.74, 6) is 0.521. The van der Waals surface area contributed by atoms with E-state index in [2.05, 4.69) is 9.80 Å². The molecule has 6 heteroatoms. The molecule has 1 aromatic rings. The molecule has 2 saturated heterocycles. The first-order valence-electron chi connectivity index (χ1n) is 8.71. The standard InChI is InChI=1S/C18H27FN2O3/c1-22-16-3-4-18(19)15(11-16)12-21-5-2-8-24-17(14-21)13-20-6-9-23-10-7-20/h3-4,11,17H,2,5-10,12-14H2,1H3/t17-/m0/s1. The van der Waals surface area contributed by atoms with Crippen molar-refractivity contribution >= 4 is 0 Å². The Hall–Kier alpha value is -1.21. The second-order valence-electron chi connectivity index (χ2n) is 6.45. The van der Waals surface area contributed by atoms with Gasteiger partial charge in [-0.3, -0.25) is 9.80 Å². The lowest BCUT2D eigenvalue weighted by molar-refractivity contribution is -0.0123. The van der Waals surface area contributed by atoms with E-state index in [0.717, 1.165) is 59.0 Å². The van der Waals surface area contributed by atoms with Gasteiger partial charge in [0.2, 0.25) is 0 Å². The zero-order valence-corrected chi connectivity index (χ0v) is 14.4. The lowest BCUT2D eigenvalue weighted by Crippen LogP contribution is -2.44. The average Bonchev–Trinajstić information content (AvgIpc) is 2.83. The van der Waals surface area contributed by atoms with Crippen molar-refractivity contribution < 1.29 is 18.6 Å². The van der Waals surface area contributed by atoms with Crippen molar-refractivity contribution in [1.82, 2.24) is 9.80 Å². The maximum atomic E-state index is 14.1. The summed E-state index contributed by atoms with van der Waals surface area (Å²) in [6.45, 7) is 7.55.